The van der Waals surface area contributed by atoms with E-state index in [4.69, 9.17) is 0 Å². The second kappa shape index (κ2) is 7.57. The molecule has 2 rings (SSSR count). The van der Waals surface area contributed by atoms with Crippen LogP contribution < -0.4 is 5.32 Å². The van der Waals surface area contributed by atoms with Crippen LogP contribution in [-0.2, 0) is 11.3 Å². The number of hydrogen-bond acceptors (Lipinski definition) is 3. The minimum atomic E-state index is -0.451. The molecule has 6 heteroatoms. The SMILES string of the molecule is Cc1nn(CCNC(=O)C(c2ccc(F)cc2)N(C)C)c(C)c1C. The molecule has 0 saturated carbocycles. The van der Waals surface area contributed by atoms with Crippen molar-refractivity contribution < 1.29 is 9.18 Å². The molecule has 1 unspecified atom stereocenters. The lowest BCUT2D eigenvalue weighted by atomic mass is 10.1. The maximum absolute atomic E-state index is 13.1. The van der Waals surface area contributed by atoms with E-state index in [1.807, 2.05) is 44.4 Å². The standard InChI is InChI=1S/C18H25FN4O/c1-12-13(2)21-23(14(12)3)11-10-20-18(24)17(22(4)5)15-6-8-16(19)9-7-15/h6-9,17H,10-11H2,1-5H3,(H,20,24). The van der Waals surface area contributed by atoms with Gasteiger partial charge in [0.2, 0.25) is 5.91 Å². The molecule has 0 aliphatic carbocycles. The van der Waals surface area contributed by atoms with Crippen molar-refractivity contribution in [2.24, 2.45) is 0 Å². The third-order valence-corrected chi connectivity index (χ3v) is 4.32. The third kappa shape index (κ3) is 4.00. The van der Waals surface area contributed by atoms with Crippen molar-refractivity contribution in [2.75, 3.05) is 20.6 Å². The number of benzene rings is 1. The Kier molecular flexibility index (Phi) is 5.72. The predicted molar refractivity (Wildman–Crippen MR) is 92.3 cm³/mol. The molecule has 1 amide bonds. The van der Waals surface area contributed by atoms with E-state index in [0.29, 0.717) is 13.1 Å². The molecule has 0 aliphatic rings. The maximum atomic E-state index is 13.1. The van der Waals surface area contributed by atoms with Gasteiger partial charge in [0.1, 0.15) is 11.9 Å². The van der Waals surface area contributed by atoms with Gasteiger partial charge in [-0.15, -0.1) is 0 Å². The van der Waals surface area contributed by atoms with Gasteiger partial charge in [-0.05, 0) is 58.1 Å². The Morgan fingerprint density at radius 1 is 1.25 bits per heavy atom. The summed E-state index contributed by atoms with van der Waals surface area (Å²) in [6.45, 7) is 7.16. The first-order valence-corrected chi connectivity index (χ1v) is 8.01. The van der Waals surface area contributed by atoms with Crippen molar-refractivity contribution >= 4 is 5.91 Å². The van der Waals surface area contributed by atoms with E-state index in [-0.39, 0.29) is 11.7 Å². The molecular formula is C18H25FN4O. The number of hydrogen-bond donors (Lipinski definition) is 1. The minimum Gasteiger partial charge on any atom is -0.353 e. The number of aromatic nitrogens is 2. The fraction of sp³-hybridized carbons (Fsp3) is 0.444. The van der Waals surface area contributed by atoms with E-state index in [1.165, 1.54) is 17.7 Å². The summed E-state index contributed by atoms with van der Waals surface area (Å²) in [7, 11) is 3.66. The van der Waals surface area contributed by atoms with Gasteiger partial charge in [0.15, 0.2) is 0 Å². The molecule has 24 heavy (non-hydrogen) atoms. The molecule has 0 spiro atoms. The number of aryl methyl sites for hydroxylation is 1. The first kappa shape index (κ1) is 18.1. The van der Waals surface area contributed by atoms with Gasteiger partial charge in [0.05, 0.1) is 12.2 Å². The van der Waals surface area contributed by atoms with Crippen LogP contribution in [0.3, 0.4) is 0 Å². The van der Waals surface area contributed by atoms with Crippen LogP contribution in [0.25, 0.3) is 0 Å². The summed E-state index contributed by atoms with van der Waals surface area (Å²) in [6.07, 6.45) is 0. The molecule has 0 bridgehead atoms. The van der Waals surface area contributed by atoms with Crippen LogP contribution in [0.5, 0.6) is 0 Å². The zero-order chi connectivity index (χ0) is 17.9. The molecule has 1 atom stereocenters. The molecule has 1 heterocycles. The molecule has 5 nitrogen and oxygen atoms in total. The smallest absolute Gasteiger partial charge is 0.242 e. The van der Waals surface area contributed by atoms with Gasteiger partial charge < -0.3 is 5.32 Å². The first-order valence-electron chi connectivity index (χ1n) is 8.01. The summed E-state index contributed by atoms with van der Waals surface area (Å²) in [5.41, 5.74) is 4.07. The maximum Gasteiger partial charge on any atom is 0.242 e. The van der Waals surface area contributed by atoms with Crippen molar-refractivity contribution in [3.05, 3.63) is 52.6 Å². The molecule has 0 saturated heterocycles. The van der Waals surface area contributed by atoms with Gasteiger partial charge in [-0.3, -0.25) is 14.4 Å². The average Bonchev–Trinajstić information content (AvgIpc) is 2.76. The Morgan fingerprint density at radius 2 is 1.88 bits per heavy atom. The Hall–Kier alpha value is -2.21. The second-order valence-corrected chi connectivity index (χ2v) is 6.23. The predicted octanol–water partition coefficient (Wildman–Crippen LogP) is 2.37. The van der Waals surface area contributed by atoms with E-state index in [2.05, 4.69) is 10.4 Å². The van der Waals surface area contributed by atoms with Crippen LogP contribution in [0.15, 0.2) is 24.3 Å². The lowest BCUT2D eigenvalue weighted by Crippen LogP contribution is -2.38. The number of amides is 1. The first-order chi connectivity index (χ1) is 11.3. The highest BCUT2D eigenvalue weighted by molar-refractivity contribution is 5.83. The highest BCUT2D eigenvalue weighted by Gasteiger charge is 2.22. The van der Waals surface area contributed by atoms with Crippen LogP contribution in [-0.4, -0.2) is 41.2 Å². The normalized spacial score (nSPS) is 12.5. The van der Waals surface area contributed by atoms with Crippen molar-refractivity contribution in [2.45, 2.75) is 33.4 Å². The molecule has 2 aromatic rings. The molecule has 1 N–H and O–H groups in total. The van der Waals surface area contributed by atoms with Crippen molar-refractivity contribution in [3.63, 3.8) is 0 Å². The number of carbonyl (C=O) groups is 1. The topological polar surface area (TPSA) is 50.2 Å². The third-order valence-electron chi connectivity index (χ3n) is 4.32. The number of nitrogens with one attached hydrogen (secondary N) is 1. The van der Waals surface area contributed by atoms with Gasteiger partial charge >= 0.3 is 0 Å². The molecular weight excluding hydrogens is 307 g/mol. The van der Waals surface area contributed by atoms with Gasteiger partial charge in [0, 0.05) is 12.2 Å². The summed E-state index contributed by atoms with van der Waals surface area (Å²) in [5, 5.41) is 7.41. The van der Waals surface area contributed by atoms with Gasteiger partial charge in [-0.25, -0.2) is 4.39 Å². The van der Waals surface area contributed by atoms with E-state index >= 15 is 0 Å². The van der Waals surface area contributed by atoms with E-state index in [0.717, 1.165) is 17.0 Å². The van der Waals surface area contributed by atoms with Crippen LogP contribution in [0.2, 0.25) is 0 Å². The lowest BCUT2D eigenvalue weighted by Gasteiger charge is -2.24. The van der Waals surface area contributed by atoms with E-state index in [9.17, 15) is 9.18 Å². The zero-order valence-corrected chi connectivity index (χ0v) is 14.9. The summed E-state index contributed by atoms with van der Waals surface area (Å²) in [4.78, 5) is 14.4. The van der Waals surface area contributed by atoms with Gasteiger partial charge in [0.25, 0.3) is 0 Å². The molecule has 1 aromatic heterocycles. The Morgan fingerprint density at radius 3 is 2.38 bits per heavy atom. The van der Waals surface area contributed by atoms with Gasteiger partial charge in [-0.1, -0.05) is 12.1 Å². The summed E-state index contributed by atoms with van der Waals surface area (Å²) >= 11 is 0. The minimum absolute atomic E-state index is 0.107. The Labute approximate surface area is 142 Å². The molecule has 0 fully saturated rings. The Balaban J connectivity index is 2.01. The summed E-state index contributed by atoms with van der Waals surface area (Å²) < 4.78 is 15.0. The Bertz CT molecular complexity index is 707. The fourth-order valence-corrected chi connectivity index (χ4v) is 2.71. The highest BCUT2D eigenvalue weighted by Crippen LogP contribution is 2.18. The van der Waals surface area contributed by atoms with Crippen LogP contribution in [0, 0.1) is 26.6 Å². The number of halogens is 1. The number of carbonyl (C=O) groups excluding carboxylic acids is 1. The van der Waals surface area contributed by atoms with Crippen molar-refractivity contribution in [1.82, 2.24) is 20.0 Å². The van der Waals surface area contributed by atoms with Crippen LogP contribution >= 0.6 is 0 Å². The largest absolute Gasteiger partial charge is 0.353 e. The lowest BCUT2D eigenvalue weighted by molar-refractivity contribution is -0.125. The number of likely N-dealkylation sites (N-methyl/N-ethyl adjacent to an activating group) is 1. The van der Waals surface area contributed by atoms with E-state index in [1.54, 1.807) is 12.1 Å². The highest BCUT2D eigenvalue weighted by atomic mass is 19.1. The summed E-state index contributed by atoms with van der Waals surface area (Å²) in [6, 6.07) is 5.58. The molecule has 1 aromatic carbocycles. The monoisotopic (exact) mass is 332 g/mol. The average molecular weight is 332 g/mol. The number of rotatable bonds is 6. The fourth-order valence-electron chi connectivity index (χ4n) is 2.71. The summed E-state index contributed by atoms with van der Waals surface area (Å²) in [5.74, 6) is -0.415. The number of nitrogens with zero attached hydrogens (tertiary/aromatic N) is 3. The van der Waals surface area contributed by atoms with Crippen LogP contribution in [0.1, 0.15) is 28.6 Å². The molecule has 130 valence electrons. The van der Waals surface area contributed by atoms with Crippen molar-refractivity contribution in [3.8, 4) is 0 Å². The second-order valence-electron chi connectivity index (χ2n) is 6.23. The zero-order valence-electron chi connectivity index (χ0n) is 14.9. The van der Waals surface area contributed by atoms with Crippen LogP contribution in [0.4, 0.5) is 4.39 Å². The molecule has 0 aliphatic heterocycles. The van der Waals surface area contributed by atoms with Gasteiger partial charge in [-0.2, -0.15) is 5.10 Å². The van der Waals surface area contributed by atoms with Crippen molar-refractivity contribution in [1.29, 1.82) is 0 Å². The quantitative estimate of drug-likeness (QED) is 0.883. The molecule has 0 radical (unpaired) electrons. The van der Waals surface area contributed by atoms with E-state index < -0.39 is 6.04 Å².